The first kappa shape index (κ1) is 21.0. The molecule has 1 aliphatic rings. The second kappa shape index (κ2) is 9.29. The fraction of sp³-hybridized carbons (Fsp3) is 0.208. The number of para-hydroxylation sites is 1. The Balaban J connectivity index is 0.00000218. The summed E-state index contributed by atoms with van der Waals surface area (Å²) in [4.78, 5) is 19.1. The Kier molecular flexibility index (Phi) is 6.52. The molecule has 5 rings (SSSR count). The molecule has 30 heavy (non-hydrogen) atoms. The third-order valence-corrected chi connectivity index (χ3v) is 5.58. The van der Waals surface area contributed by atoms with Crippen LogP contribution in [0.1, 0.15) is 5.56 Å². The van der Waals surface area contributed by atoms with Gasteiger partial charge in [-0.2, -0.15) is 0 Å². The topological polar surface area (TPSA) is 52.5 Å². The van der Waals surface area contributed by atoms with Gasteiger partial charge in [0.25, 0.3) is 0 Å². The maximum absolute atomic E-state index is 11.6. The SMILES string of the molecule is O=c1[nH]c2cccc(N3CCN(Cc4cccc(-c5ccccc5)c4)CC3)c2o1.[Y]. The van der Waals surface area contributed by atoms with Crippen LogP contribution in [-0.4, -0.2) is 36.1 Å². The summed E-state index contributed by atoms with van der Waals surface area (Å²) in [6.07, 6.45) is 0. The zero-order valence-electron chi connectivity index (χ0n) is 16.8. The fourth-order valence-electron chi connectivity index (χ4n) is 4.09. The van der Waals surface area contributed by atoms with E-state index in [2.05, 4.69) is 63.3 Å². The number of hydrogen-bond donors (Lipinski definition) is 1. The van der Waals surface area contributed by atoms with E-state index in [9.17, 15) is 4.79 Å². The number of piperazine rings is 1. The van der Waals surface area contributed by atoms with Crippen LogP contribution in [0.5, 0.6) is 0 Å². The van der Waals surface area contributed by atoms with Gasteiger partial charge in [-0.05, 0) is 34.9 Å². The zero-order valence-corrected chi connectivity index (χ0v) is 19.6. The van der Waals surface area contributed by atoms with Gasteiger partial charge in [-0.25, -0.2) is 4.79 Å². The van der Waals surface area contributed by atoms with Crippen LogP contribution >= 0.6 is 0 Å². The summed E-state index contributed by atoms with van der Waals surface area (Å²) in [6, 6.07) is 25.2. The summed E-state index contributed by atoms with van der Waals surface area (Å²) < 4.78 is 5.36. The van der Waals surface area contributed by atoms with Gasteiger partial charge >= 0.3 is 5.76 Å². The molecule has 2 heterocycles. The molecule has 1 aromatic heterocycles. The first-order valence-electron chi connectivity index (χ1n) is 10.00. The van der Waals surface area contributed by atoms with Crippen molar-refractivity contribution in [2.24, 2.45) is 0 Å². The van der Waals surface area contributed by atoms with E-state index >= 15 is 0 Å². The molecule has 1 saturated heterocycles. The Morgan fingerprint density at radius 3 is 2.37 bits per heavy atom. The largest absolute Gasteiger partial charge is 0.417 e. The molecule has 0 unspecified atom stereocenters. The predicted molar refractivity (Wildman–Crippen MR) is 116 cm³/mol. The van der Waals surface area contributed by atoms with Crippen LogP contribution in [0.3, 0.4) is 0 Å². The number of H-pyrrole nitrogens is 1. The second-order valence-corrected chi connectivity index (χ2v) is 7.50. The van der Waals surface area contributed by atoms with Crippen molar-refractivity contribution < 1.29 is 37.1 Å². The van der Waals surface area contributed by atoms with E-state index in [4.69, 9.17) is 4.42 Å². The fourth-order valence-corrected chi connectivity index (χ4v) is 4.09. The first-order valence-corrected chi connectivity index (χ1v) is 10.00. The van der Waals surface area contributed by atoms with Gasteiger partial charge in [0, 0.05) is 65.4 Å². The summed E-state index contributed by atoms with van der Waals surface area (Å²) >= 11 is 0. The molecule has 0 atom stereocenters. The smallest absolute Gasteiger partial charge is 0.406 e. The van der Waals surface area contributed by atoms with Crippen molar-refractivity contribution in [3.63, 3.8) is 0 Å². The molecule has 0 aliphatic carbocycles. The van der Waals surface area contributed by atoms with Crippen molar-refractivity contribution in [3.8, 4) is 11.1 Å². The minimum Gasteiger partial charge on any atom is -0.406 e. The van der Waals surface area contributed by atoms with E-state index < -0.39 is 5.76 Å². The number of nitrogens with one attached hydrogen (secondary N) is 1. The van der Waals surface area contributed by atoms with Crippen LogP contribution in [0.25, 0.3) is 22.2 Å². The summed E-state index contributed by atoms with van der Waals surface area (Å²) in [5, 5.41) is 0. The number of benzene rings is 3. The van der Waals surface area contributed by atoms with Crippen molar-refractivity contribution in [3.05, 3.63) is 88.9 Å². The van der Waals surface area contributed by atoms with E-state index in [0.29, 0.717) is 5.58 Å². The number of aromatic nitrogens is 1. The number of hydrogen-bond acceptors (Lipinski definition) is 4. The Morgan fingerprint density at radius 2 is 1.57 bits per heavy atom. The molecule has 0 bridgehead atoms. The Bertz CT molecular complexity index is 1180. The first-order chi connectivity index (χ1) is 14.3. The zero-order chi connectivity index (χ0) is 19.6. The molecule has 6 heteroatoms. The summed E-state index contributed by atoms with van der Waals surface area (Å²) in [6.45, 7) is 4.71. The van der Waals surface area contributed by atoms with E-state index in [-0.39, 0.29) is 32.7 Å². The third-order valence-electron chi connectivity index (χ3n) is 5.58. The molecular weight excluding hydrogens is 451 g/mol. The second-order valence-electron chi connectivity index (χ2n) is 7.50. The molecule has 3 aromatic carbocycles. The van der Waals surface area contributed by atoms with Gasteiger partial charge in [-0.1, -0.05) is 54.6 Å². The van der Waals surface area contributed by atoms with E-state index in [1.54, 1.807) is 0 Å². The summed E-state index contributed by atoms with van der Waals surface area (Å²) in [7, 11) is 0. The number of fused-ring (bicyclic) bond motifs is 1. The molecule has 1 radical (unpaired) electrons. The Morgan fingerprint density at radius 1 is 0.833 bits per heavy atom. The maximum Gasteiger partial charge on any atom is 0.417 e. The van der Waals surface area contributed by atoms with E-state index in [0.717, 1.165) is 43.9 Å². The van der Waals surface area contributed by atoms with Crippen molar-refractivity contribution in [1.82, 2.24) is 9.88 Å². The number of anilines is 1. The van der Waals surface area contributed by atoms with Crippen molar-refractivity contribution in [2.45, 2.75) is 6.54 Å². The van der Waals surface area contributed by atoms with Crippen molar-refractivity contribution in [2.75, 3.05) is 31.1 Å². The number of rotatable bonds is 4. The van der Waals surface area contributed by atoms with Crippen LogP contribution in [0, 0.1) is 0 Å². The van der Waals surface area contributed by atoms with Crippen molar-refractivity contribution >= 4 is 16.8 Å². The van der Waals surface area contributed by atoms with Gasteiger partial charge in [0.15, 0.2) is 5.58 Å². The van der Waals surface area contributed by atoms with Gasteiger partial charge < -0.3 is 9.32 Å². The minimum atomic E-state index is -0.399. The standard InChI is InChI=1S/C24H23N3O2.Y/c28-24-25-21-10-5-11-22(23(21)29-24)27-14-12-26(13-15-27)17-18-6-4-9-20(16-18)19-7-2-1-3-8-19;/h1-11,16H,12-15,17H2,(H,25,28);. The van der Waals surface area contributed by atoms with Crippen LogP contribution in [0.4, 0.5) is 5.69 Å². The molecule has 4 aromatic rings. The maximum atomic E-state index is 11.6. The van der Waals surface area contributed by atoms with Gasteiger partial charge in [-0.15, -0.1) is 0 Å². The molecule has 1 N–H and O–H groups in total. The van der Waals surface area contributed by atoms with E-state index in [1.165, 1.54) is 16.7 Å². The summed E-state index contributed by atoms with van der Waals surface area (Å²) in [5.74, 6) is -0.399. The minimum absolute atomic E-state index is 0. The number of nitrogens with zero attached hydrogens (tertiary/aromatic N) is 2. The monoisotopic (exact) mass is 474 g/mol. The molecule has 5 nitrogen and oxygen atoms in total. The molecule has 0 spiro atoms. The average molecular weight is 474 g/mol. The molecule has 0 saturated carbocycles. The Hall–Kier alpha value is -2.21. The van der Waals surface area contributed by atoms with Crippen LogP contribution in [-0.2, 0) is 39.3 Å². The molecule has 149 valence electrons. The van der Waals surface area contributed by atoms with Crippen LogP contribution < -0.4 is 10.7 Å². The quantitative estimate of drug-likeness (QED) is 0.484. The molecule has 1 aliphatic heterocycles. The Labute approximate surface area is 200 Å². The summed E-state index contributed by atoms with van der Waals surface area (Å²) in [5.41, 5.74) is 6.25. The third kappa shape index (κ3) is 4.43. The van der Waals surface area contributed by atoms with E-state index in [1.807, 2.05) is 24.3 Å². The van der Waals surface area contributed by atoms with Gasteiger partial charge in [0.05, 0.1) is 11.2 Å². The van der Waals surface area contributed by atoms with Gasteiger partial charge in [0.2, 0.25) is 0 Å². The number of oxazole rings is 1. The number of aromatic amines is 1. The van der Waals surface area contributed by atoms with Crippen LogP contribution in [0.15, 0.2) is 82.0 Å². The van der Waals surface area contributed by atoms with Gasteiger partial charge in [0.1, 0.15) is 0 Å². The van der Waals surface area contributed by atoms with Crippen molar-refractivity contribution in [1.29, 1.82) is 0 Å². The van der Waals surface area contributed by atoms with Crippen LogP contribution in [0.2, 0.25) is 0 Å². The van der Waals surface area contributed by atoms with Gasteiger partial charge in [-0.3, -0.25) is 9.88 Å². The molecule has 0 amide bonds. The predicted octanol–water partition coefficient (Wildman–Crippen LogP) is 4.11. The molecular formula is C24H23N3O2Y. The average Bonchev–Trinajstić information content (AvgIpc) is 3.15. The normalized spacial score (nSPS) is 14.6. The molecule has 1 fully saturated rings.